The number of aromatic nitrogens is 1. The van der Waals surface area contributed by atoms with Crippen LogP contribution in [0.5, 0.6) is 0 Å². The average molecular weight is 427 g/mol. The lowest BCUT2D eigenvalue weighted by Gasteiger charge is -2.41. The maximum Gasteiger partial charge on any atom is 0.395 e. The number of fused-ring (bicyclic) bond motifs is 4. The van der Waals surface area contributed by atoms with E-state index in [1.165, 1.54) is 29.3 Å². The summed E-state index contributed by atoms with van der Waals surface area (Å²) in [4.78, 5) is 0. The van der Waals surface area contributed by atoms with Crippen molar-refractivity contribution in [3.8, 4) is 5.69 Å². The highest BCUT2D eigenvalue weighted by Gasteiger charge is 2.47. The Kier molecular flexibility index (Phi) is 4.76. The Balaban J connectivity index is 1.65. The predicted molar refractivity (Wildman–Crippen MR) is 115 cm³/mol. The van der Waals surface area contributed by atoms with E-state index >= 15 is 0 Å². The molecule has 2 aliphatic rings. The maximum atomic E-state index is 13.5. The third-order valence-electron chi connectivity index (χ3n) is 7.35. The van der Waals surface area contributed by atoms with Gasteiger partial charge in [0.15, 0.2) is 0 Å². The van der Waals surface area contributed by atoms with Gasteiger partial charge >= 0.3 is 6.18 Å². The van der Waals surface area contributed by atoms with E-state index in [0.29, 0.717) is 6.42 Å². The zero-order chi connectivity index (χ0) is 21.8. The van der Waals surface area contributed by atoms with Crippen molar-refractivity contribution in [2.75, 3.05) is 0 Å². The first-order chi connectivity index (χ1) is 14.8. The van der Waals surface area contributed by atoms with Gasteiger partial charge in [-0.1, -0.05) is 18.6 Å². The SMILES string of the molecule is CC[C@]12CC[C@H](C(F)(F)F)C=C1CCCc1cc3c(ccn3-c3ccc(F)cc3)cc12. The van der Waals surface area contributed by atoms with Gasteiger partial charge in [0.25, 0.3) is 0 Å². The van der Waals surface area contributed by atoms with Crippen LogP contribution in [0, 0.1) is 11.7 Å². The second-order valence-corrected chi connectivity index (χ2v) is 8.90. The third-order valence-corrected chi connectivity index (χ3v) is 7.35. The second-order valence-electron chi connectivity index (χ2n) is 8.90. The Morgan fingerprint density at radius 3 is 2.55 bits per heavy atom. The number of halogens is 4. The first-order valence-electron chi connectivity index (χ1n) is 11.0. The van der Waals surface area contributed by atoms with E-state index in [2.05, 4.69) is 23.6 Å². The molecule has 5 rings (SSSR count). The molecular formula is C26H25F4N. The topological polar surface area (TPSA) is 4.93 Å². The van der Waals surface area contributed by atoms with Crippen LogP contribution in [0.3, 0.4) is 0 Å². The average Bonchev–Trinajstić information content (AvgIpc) is 3.08. The number of alkyl halides is 3. The molecule has 2 aromatic carbocycles. The Bertz CT molecular complexity index is 1150. The molecule has 0 fully saturated rings. The molecule has 0 spiro atoms. The second kappa shape index (κ2) is 7.25. The van der Waals surface area contributed by atoms with Crippen LogP contribution in [0.25, 0.3) is 16.6 Å². The summed E-state index contributed by atoms with van der Waals surface area (Å²) in [6.07, 6.45) is 3.27. The fraction of sp³-hybridized carbons (Fsp3) is 0.385. The summed E-state index contributed by atoms with van der Waals surface area (Å²) < 4.78 is 55.8. The van der Waals surface area contributed by atoms with Crippen LogP contribution in [-0.2, 0) is 11.8 Å². The van der Waals surface area contributed by atoms with Gasteiger partial charge in [0.1, 0.15) is 5.82 Å². The standard InChI is InChI=1S/C26H25F4N/c1-2-25-12-10-20(26(28,29)30)16-19(25)5-3-4-17-15-24-18(14-23(17)25)11-13-31(24)22-8-6-21(27)7-9-22/h6-9,11,13-16,20H,2-5,10,12H2,1H3/t20-,25-/m0/s1. The number of hydrogen-bond donors (Lipinski definition) is 0. The molecule has 0 amide bonds. The number of benzene rings is 2. The molecule has 162 valence electrons. The van der Waals surface area contributed by atoms with Gasteiger partial charge in [0.05, 0.1) is 11.4 Å². The van der Waals surface area contributed by atoms with Gasteiger partial charge < -0.3 is 4.57 Å². The molecule has 5 heteroatoms. The molecule has 1 aromatic heterocycles. The number of rotatable bonds is 2. The number of nitrogens with zero attached hydrogens (tertiary/aromatic N) is 1. The summed E-state index contributed by atoms with van der Waals surface area (Å²) in [6, 6.07) is 12.9. The van der Waals surface area contributed by atoms with Crippen molar-refractivity contribution < 1.29 is 17.6 Å². The van der Waals surface area contributed by atoms with Crippen molar-refractivity contribution in [1.82, 2.24) is 4.57 Å². The third kappa shape index (κ3) is 3.29. The van der Waals surface area contributed by atoms with E-state index in [0.717, 1.165) is 47.8 Å². The summed E-state index contributed by atoms with van der Waals surface area (Å²) in [5.74, 6) is -1.60. The minimum absolute atomic E-state index is 0.148. The highest BCUT2D eigenvalue weighted by atomic mass is 19.4. The van der Waals surface area contributed by atoms with E-state index in [4.69, 9.17) is 0 Å². The van der Waals surface area contributed by atoms with Crippen LogP contribution in [-0.4, -0.2) is 10.7 Å². The van der Waals surface area contributed by atoms with E-state index in [1.54, 1.807) is 12.1 Å². The molecule has 0 saturated carbocycles. The monoisotopic (exact) mass is 427 g/mol. The van der Waals surface area contributed by atoms with E-state index in [9.17, 15) is 17.6 Å². The molecule has 3 aromatic rings. The molecule has 2 aliphatic carbocycles. The Labute approximate surface area is 179 Å². The number of hydrogen-bond acceptors (Lipinski definition) is 0. The molecule has 0 unspecified atom stereocenters. The highest BCUT2D eigenvalue weighted by molar-refractivity contribution is 5.84. The first-order valence-corrected chi connectivity index (χ1v) is 11.0. The minimum Gasteiger partial charge on any atom is -0.317 e. The summed E-state index contributed by atoms with van der Waals surface area (Å²) in [5, 5.41) is 1.06. The normalized spacial score (nSPS) is 23.8. The molecule has 2 atom stereocenters. The molecule has 31 heavy (non-hydrogen) atoms. The maximum absolute atomic E-state index is 13.5. The Morgan fingerprint density at radius 1 is 1.06 bits per heavy atom. The molecule has 0 bridgehead atoms. The van der Waals surface area contributed by atoms with Crippen LogP contribution < -0.4 is 0 Å². The van der Waals surface area contributed by atoms with Gasteiger partial charge in [-0.25, -0.2) is 4.39 Å². The molecule has 0 aliphatic heterocycles. The van der Waals surface area contributed by atoms with Crippen LogP contribution in [0.4, 0.5) is 17.6 Å². The van der Waals surface area contributed by atoms with Crippen molar-refractivity contribution in [2.24, 2.45) is 5.92 Å². The van der Waals surface area contributed by atoms with Crippen molar-refractivity contribution in [3.05, 3.63) is 77.3 Å². The lowest BCUT2D eigenvalue weighted by molar-refractivity contribution is -0.165. The van der Waals surface area contributed by atoms with Crippen LogP contribution in [0.1, 0.15) is 50.2 Å². The van der Waals surface area contributed by atoms with Gasteiger partial charge in [-0.15, -0.1) is 0 Å². The summed E-state index contributed by atoms with van der Waals surface area (Å²) in [5.41, 5.74) is 5.03. The van der Waals surface area contributed by atoms with Gasteiger partial charge in [-0.2, -0.15) is 13.2 Å². The van der Waals surface area contributed by atoms with Crippen LogP contribution >= 0.6 is 0 Å². The number of allylic oxidation sites excluding steroid dienone is 2. The van der Waals surface area contributed by atoms with Crippen molar-refractivity contribution in [2.45, 2.75) is 57.0 Å². The smallest absolute Gasteiger partial charge is 0.317 e. The van der Waals surface area contributed by atoms with Gasteiger partial charge in [-0.05, 0) is 92.1 Å². The zero-order valence-corrected chi connectivity index (χ0v) is 17.5. The van der Waals surface area contributed by atoms with Crippen LogP contribution in [0.15, 0.2) is 60.3 Å². The minimum atomic E-state index is -4.17. The van der Waals surface area contributed by atoms with E-state index in [1.807, 2.05) is 12.3 Å². The Hall–Kier alpha value is -2.56. The number of aryl methyl sites for hydroxylation is 1. The quantitative estimate of drug-likeness (QED) is 0.292. The van der Waals surface area contributed by atoms with Gasteiger partial charge in [-0.3, -0.25) is 0 Å². The fourth-order valence-corrected chi connectivity index (χ4v) is 5.70. The summed E-state index contributed by atoms with van der Waals surface area (Å²) in [6.45, 7) is 2.10. The summed E-state index contributed by atoms with van der Waals surface area (Å²) >= 11 is 0. The first kappa shape index (κ1) is 20.3. The predicted octanol–water partition coefficient (Wildman–Crippen LogP) is 7.65. The Morgan fingerprint density at radius 2 is 1.84 bits per heavy atom. The lowest BCUT2D eigenvalue weighted by atomic mass is 9.63. The highest BCUT2D eigenvalue weighted by Crippen LogP contribution is 2.52. The molecule has 1 heterocycles. The molecule has 0 N–H and O–H groups in total. The van der Waals surface area contributed by atoms with Gasteiger partial charge in [0.2, 0.25) is 0 Å². The molecule has 1 nitrogen and oxygen atoms in total. The lowest BCUT2D eigenvalue weighted by Crippen LogP contribution is -2.36. The van der Waals surface area contributed by atoms with E-state index in [-0.39, 0.29) is 17.7 Å². The van der Waals surface area contributed by atoms with Crippen molar-refractivity contribution >= 4 is 10.9 Å². The van der Waals surface area contributed by atoms with Crippen molar-refractivity contribution in [3.63, 3.8) is 0 Å². The van der Waals surface area contributed by atoms with Crippen molar-refractivity contribution in [1.29, 1.82) is 0 Å². The summed E-state index contributed by atoms with van der Waals surface area (Å²) in [7, 11) is 0. The molecule has 0 saturated heterocycles. The van der Waals surface area contributed by atoms with Crippen LogP contribution in [0.2, 0.25) is 0 Å². The fourth-order valence-electron chi connectivity index (χ4n) is 5.70. The molecule has 0 radical (unpaired) electrons. The van der Waals surface area contributed by atoms with Gasteiger partial charge in [0, 0.05) is 22.7 Å². The van der Waals surface area contributed by atoms with E-state index < -0.39 is 12.1 Å². The molecular weight excluding hydrogens is 402 g/mol. The largest absolute Gasteiger partial charge is 0.395 e. The zero-order valence-electron chi connectivity index (χ0n) is 17.5.